The summed E-state index contributed by atoms with van der Waals surface area (Å²) in [5.41, 5.74) is 2.17. The molecule has 5 heteroatoms. The van der Waals surface area contributed by atoms with Crippen molar-refractivity contribution in [3.8, 4) is 5.75 Å². The molecular formula is C20H23NO4. The lowest BCUT2D eigenvalue weighted by Crippen LogP contribution is -2.21. The SMILES string of the molecule is COc1ccc(NC(=O)COC(=O)c2ccc(C(C)(C)C)cc2)cc1. The molecule has 0 fully saturated rings. The molecule has 0 saturated carbocycles. The lowest BCUT2D eigenvalue weighted by atomic mass is 9.87. The molecule has 0 unspecified atom stereocenters. The van der Waals surface area contributed by atoms with Crippen LogP contribution in [0.5, 0.6) is 5.75 Å². The summed E-state index contributed by atoms with van der Waals surface area (Å²) in [6.07, 6.45) is 0. The largest absolute Gasteiger partial charge is 0.497 e. The third kappa shape index (κ3) is 5.35. The smallest absolute Gasteiger partial charge is 0.338 e. The van der Waals surface area contributed by atoms with E-state index < -0.39 is 11.9 Å². The average Bonchev–Trinajstić information content (AvgIpc) is 2.59. The highest BCUT2D eigenvalue weighted by Gasteiger charge is 2.15. The number of benzene rings is 2. The monoisotopic (exact) mass is 341 g/mol. The minimum absolute atomic E-state index is 0.0146. The predicted octanol–water partition coefficient (Wildman–Crippen LogP) is 3.79. The number of rotatable bonds is 5. The van der Waals surface area contributed by atoms with Crippen LogP contribution in [-0.2, 0) is 14.9 Å². The molecule has 0 bridgehead atoms. The molecule has 132 valence electrons. The fraction of sp³-hybridized carbons (Fsp3) is 0.300. The molecule has 0 saturated heterocycles. The standard InChI is InChI=1S/C20H23NO4/c1-20(2,3)15-7-5-14(6-8-15)19(23)25-13-18(22)21-16-9-11-17(24-4)12-10-16/h5-12H,13H2,1-4H3,(H,21,22). The molecular weight excluding hydrogens is 318 g/mol. The highest BCUT2D eigenvalue weighted by atomic mass is 16.5. The van der Waals surface area contributed by atoms with Crippen molar-refractivity contribution in [1.82, 2.24) is 0 Å². The fourth-order valence-corrected chi connectivity index (χ4v) is 2.19. The van der Waals surface area contributed by atoms with E-state index >= 15 is 0 Å². The molecule has 0 aliphatic rings. The van der Waals surface area contributed by atoms with Crippen molar-refractivity contribution in [2.45, 2.75) is 26.2 Å². The van der Waals surface area contributed by atoms with Crippen molar-refractivity contribution >= 4 is 17.6 Å². The van der Waals surface area contributed by atoms with Gasteiger partial charge in [-0.25, -0.2) is 4.79 Å². The number of anilines is 1. The van der Waals surface area contributed by atoms with Crippen LogP contribution in [-0.4, -0.2) is 25.6 Å². The second-order valence-electron chi connectivity index (χ2n) is 6.68. The number of carbonyl (C=O) groups is 2. The summed E-state index contributed by atoms with van der Waals surface area (Å²) in [7, 11) is 1.57. The topological polar surface area (TPSA) is 64.6 Å². The molecule has 2 aromatic carbocycles. The van der Waals surface area contributed by atoms with E-state index in [1.807, 2.05) is 12.1 Å². The van der Waals surface area contributed by atoms with E-state index in [2.05, 4.69) is 26.1 Å². The van der Waals surface area contributed by atoms with Gasteiger partial charge in [-0.2, -0.15) is 0 Å². The minimum Gasteiger partial charge on any atom is -0.497 e. The first kappa shape index (κ1) is 18.5. The maximum Gasteiger partial charge on any atom is 0.338 e. The van der Waals surface area contributed by atoms with Gasteiger partial charge in [0, 0.05) is 5.69 Å². The molecule has 2 rings (SSSR count). The Kier molecular flexibility index (Phi) is 5.80. The Morgan fingerprint density at radius 3 is 2.08 bits per heavy atom. The molecule has 5 nitrogen and oxygen atoms in total. The van der Waals surface area contributed by atoms with Gasteiger partial charge < -0.3 is 14.8 Å². The first-order valence-corrected chi connectivity index (χ1v) is 8.01. The van der Waals surface area contributed by atoms with E-state index in [-0.39, 0.29) is 12.0 Å². The summed E-state index contributed by atoms with van der Waals surface area (Å²) in [5, 5.41) is 2.66. The van der Waals surface area contributed by atoms with Crippen LogP contribution < -0.4 is 10.1 Å². The van der Waals surface area contributed by atoms with Crippen molar-refractivity contribution in [2.75, 3.05) is 19.0 Å². The second kappa shape index (κ2) is 7.83. The summed E-state index contributed by atoms with van der Waals surface area (Å²) in [6, 6.07) is 14.1. The van der Waals surface area contributed by atoms with Crippen LogP contribution >= 0.6 is 0 Å². The van der Waals surface area contributed by atoms with Crippen molar-refractivity contribution in [2.24, 2.45) is 0 Å². The van der Waals surface area contributed by atoms with Crippen LogP contribution in [0.1, 0.15) is 36.7 Å². The number of nitrogens with one attached hydrogen (secondary N) is 1. The minimum atomic E-state index is -0.523. The van der Waals surface area contributed by atoms with E-state index in [0.717, 1.165) is 5.56 Å². The van der Waals surface area contributed by atoms with Crippen LogP contribution in [0.25, 0.3) is 0 Å². The Morgan fingerprint density at radius 2 is 1.56 bits per heavy atom. The molecule has 0 radical (unpaired) electrons. The molecule has 1 amide bonds. The molecule has 0 atom stereocenters. The van der Waals surface area contributed by atoms with Gasteiger partial charge in [-0.3, -0.25) is 4.79 Å². The van der Waals surface area contributed by atoms with E-state index in [1.54, 1.807) is 43.5 Å². The van der Waals surface area contributed by atoms with E-state index in [1.165, 1.54) is 0 Å². The van der Waals surface area contributed by atoms with Gasteiger partial charge in [-0.15, -0.1) is 0 Å². The van der Waals surface area contributed by atoms with Gasteiger partial charge in [-0.1, -0.05) is 32.9 Å². The summed E-state index contributed by atoms with van der Waals surface area (Å²) in [6.45, 7) is 5.96. The van der Waals surface area contributed by atoms with Gasteiger partial charge in [-0.05, 0) is 47.4 Å². The maximum atomic E-state index is 12.0. The molecule has 0 aromatic heterocycles. The number of hydrogen-bond donors (Lipinski definition) is 1. The normalized spacial score (nSPS) is 10.9. The van der Waals surface area contributed by atoms with Crippen LogP contribution in [0.3, 0.4) is 0 Å². The van der Waals surface area contributed by atoms with Crippen molar-refractivity contribution in [3.63, 3.8) is 0 Å². The lowest BCUT2D eigenvalue weighted by Gasteiger charge is -2.18. The quantitative estimate of drug-likeness (QED) is 0.841. The summed E-state index contributed by atoms with van der Waals surface area (Å²) >= 11 is 0. The average molecular weight is 341 g/mol. The highest BCUT2D eigenvalue weighted by Crippen LogP contribution is 2.22. The van der Waals surface area contributed by atoms with Crippen LogP contribution in [0.4, 0.5) is 5.69 Å². The summed E-state index contributed by atoms with van der Waals surface area (Å²) in [5.74, 6) is -0.224. The van der Waals surface area contributed by atoms with Crippen molar-refractivity contribution in [1.29, 1.82) is 0 Å². The highest BCUT2D eigenvalue weighted by molar-refractivity contribution is 5.95. The maximum absolute atomic E-state index is 12.0. The number of carbonyl (C=O) groups excluding carboxylic acids is 2. The van der Waals surface area contributed by atoms with Crippen molar-refractivity contribution < 1.29 is 19.1 Å². The van der Waals surface area contributed by atoms with Gasteiger partial charge in [0.15, 0.2) is 6.61 Å². The zero-order valence-electron chi connectivity index (χ0n) is 15.0. The second-order valence-corrected chi connectivity index (χ2v) is 6.68. The molecule has 0 aliphatic carbocycles. The first-order chi connectivity index (χ1) is 11.8. The van der Waals surface area contributed by atoms with Gasteiger partial charge in [0.1, 0.15) is 5.75 Å². The third-order valence-electron chi connectivity index (χ3n) is 3.69. The zero-order chi connectivity index (χ0) is 18.4. The number of hydrogen-bond acceptors (Lipinski definition) is 4. The molecule has 1 N–H and O–H groups in total. The van der Waals surface area contributed by atoms with Crippen LogP contribution in [0.2, 0.25) is 0 Å². The Morgan fingerprint density at radius 1 is 0.960 bits per heavy atom. The Labute approximate surface area is 148 Å². The molecule has 2 aromatic rings. The van der Waals surface area contributed by atoms with E-state index in [9.17, 15) is 9.59 Å². The number of ether oxygens (including phenoxy) is 2. The lowest BCUT2D eigenvalue weighted by molar-refractivity contribution is -0.119. The van der Waals surface area contributed by atoms with Gasteiger partial charge in [0.25, 0.3) is 5.91 Å². The van der Waals surface area contributed by atoms with Crippen LogP contribution in [0, 0.1) is 0 Å². The van der Waals surface area contributed by atoms with Gasteiger partial charge >= 0.3 is 5.97 Å². The molecule has 0 aliphatic heterocycles. The van der Waals surface area contributed by atoms with Gasteiger partial charge in [0.05, 0.1) is 12.7 Å². The molecule has 25 heavy (non-hydrogen) atoms. The Balaban J connectivity index is 1.87. The van der Waals surface area contributed by atoms with Gasteiger partial charge in [0.2, 0.25) is 0 Å². The third-order valence-corrected chi connectivity index (χ3v) is 3.69. The Bertz CT molecular complexity index is 728. The zero-order valence-corrected chi connectivity index (χ0v) is 15.0. The summed E-state index contributed by atoms with van der Waals surface area (Å²) in [4.78, 5) is 23.9. The van der Waals surface area contributed by atoms with E-state index in [4.69, 9.17) is 9.47 Å². The first-order valence-electron chi connectivity index (χ1n) is 8.01. The van der Waals surface area contributed by atoms with E-state index in [0.29, 0.717) is 17.0 Å². The van der Waals surface area contributed by atoms with Crippen LogP contribution in [0.15, 0.2) is 48.5 Å². The number of amides is 1. The predicted molar refractivity (Wildman–Crippen MR) is 97.0 cm³/mol. The molecule has 0 spiro atoms. The molecule has 0 heterocycles. The fourth-order valence-electron chi connectivity index (χ4n) is 2.19. The summed E-state index contributed by atoms with van der Waals surface area (Å²) < 4.78 is 10.1. The Hall–Kier alpha value is -2.82. The number of esters is 1. The number of methoxy groups -OCH3 is 1. The van der Waals surface area contributed by atoms with Crippen molar-refractivity contribution in [3.05, 3.63) is 59.7 Å².